The molecule has 2 N–H and O–H groups in total. The number of aryl methyl sites for hydroxylation is 3. The fourth-order valence-corrected chi connectivity index (χ4v) is 4.04. The molecule has 1 amide bonds. The minimum Gasteiger partial charge on any atom is -0.478 e. The van der Waals surface area contributed by atoms with Crippen LogP contribution in [-0.4, -0.2) is 38.0 Å². The number of carbonyl (C=O) groups excluding carboxylic acids is 1. The third kappa shape index (κ3) is 3.51. The number of nitrogens with zero attached hydrogens (tertiary/aromatic N) is 3. The van der Waals surface area contributed by atoms with Crippen molar-refractivity contribution in [2.75, 3.05) is 5.32 Å². The number of hydrogen-bond donors (Lipinski definition) is 2. The molecule has 0 saturated heterocycles. The van der Waals surface area contributed by atoms with Gasteiger partial charge in [-0.15, -0.1) is 0 Å². The standard InChI is InChI=1S/C19H22N4O4/c1-11-20-10-23(22-11)9-16(18(24)25)27-19(26)21-17-14-6-2-4-12(14)8-13-5-3-7-15(13)17/h8,10,16H,2-7,9H2,1H3,(H,21,26)(H,24,25). The maximum Gasteiger partial charge on any atom is 0.412 e. The molecule has 8 heteroatoms. The molecule has 1 aromatic carbocycles. The molecule has 1 atom stereocenters. The van der Waals surface area contributed by atoms with Crippen LogP contribution in [0.5, 0.6) is 0 Å². The van der Waals surface area contributed by atoms with Crippen LogP contribution in [-0.2, 0) is 41.8 Å². The summed E-state index contributed by atoms with van der Waals surface area (Å²) in [6.45, 7) is 1.62. The van der Waals surface area contributed by atoms with E-state index in [1.807, 2.05) is 0 Å². The van der Waals surface area contributed by atoms with E-state index < -0.39 is 18.2 Å². The topological polar surface area (TPSA) is 106 Å². The Morgan fingerprint density at radius 1 is 1.22 bits per heavy atom. The minimum absolute atomic E-state index is 0.0887. The van der Waals surface area contributed by atoms with Gasteiger partial charge in [-0.05, 0) is 67.7 Å². The lowest BCUT2D eigenvalue weighted by molar-refractivity contribution is -0.147. The maximum absolute atomic E-state index is 12.5. The van der Waals surface area contributed by atoms with Gasteiger partial charge in [0.1, 0.15) is 12.2 Å². The Labute approximate surface area is 156 Å². The predicted octanol–water partition coefficient (Wildman–Crippen LogP) is 2.27. The average Bonchev–Trinajstić information content (AvgIpc) is 3.34. The third-order valence-corrected chi connectivity index (χ3v) is 5.23. The number of aromatic nitrogens is 3. The first-order valence-electron chi connectivity index (χ1n) is 9.24. The van der Waals surface area contributed by atoms with E-state index in [0.717, 1.165) is 44.2 Å². The number of carbonyl (C=O) groups is 2. The average molecular weight is 370 g/mol. The summed E-state index contributed by atoms with van der Waals surface area (Å²) in [5.74, 6) is -0.694. The molecule has 142 valence electrons. The molecule has 1 unspecified atom stereocenters. The highest BCUT2D eigenvalue weighted by Gasteiger charge is 2.28. The number of anilines is 1. The fourth-order valence-electron chi connectivity index (χ4n) is 4.04. The van der Waals surface area contributed by atoms with Gasteiger partial charge in [0.05, 0.1) is 12.2 Å². The Kier molecular flexibility index (Phi) is 4.55. The van der Waals surface area contributed by atoms with Crippen molar-refractivity contribution in [1.82, 2.24) is 14.8 Å². The molecule has 0 aliphatic heterocycles. The minimum atomic E-state index is -1.34. The first-order chi connectivity index (χ1) is 13.0. The predicted molar refractivity (Wildman–Crippen MR) is 96.8 cm³/mol. The van der Waals surface area contributed by atoms with Gasteiger partial charge in [0.15, 0.2) is 0 Å². The summed E-state index contributed by atoms with van der Waals surface area (Å²) in [7, 11) is 0. The van der Waals surface area contributed by atoms with Crippen molar-refractivity contribution in [3.63, 3.8) is 0 Å². The highest BCUT2D eigenvalue weighted by Crippen LogP contribution is 2.38. The van der Waals surface area contributed by atoms with Crippen LogP contribution in [0.4, 0.5) is 10.5 Å². The van der Waals surface area contributed by atoms with Crippen LogP contribution in [0, 0.1) is 6.92 Å². The Hall–Kier alpha value is -2.90. The number of nitrogens with one attached hydrogen (secondary N) is 1. The molecule has 8 nitrogen and oxygen atoms in total. The van der Waals surface area contributed by atoms with E-state index in [-0.39, 0.29) is 6.54 Å². The first kappa shape index (κ1) is 17.5. The molecule has 2 aromatic rings. The van der Waals surface area contributed by atoms with Gasteiger partial charge in [0.25, 0.3) is 0 Å². The van der Waals surface area contributed by atoms with E-state index in [9.17, 15) is 14.7 Å². The van der Waals surface area contributed by atoms with Crippen LogP contribution < -0.4 is 5.32 Å². The van der Waals surface area contributed by atoms with Crippen LogP contribution in [0.2, 0.25) is 0 Å². The van der Waals surface area contributed by atoms with Crippen LogP contribution in [0.3, 0.4) is 0 Å². The van der Waals surface area contributed by atoms with E-state index in [4.69, 9.17) is 4.74 Å². The van der Waals surface area contributed by atoms with E-state index >= 15 is 0 Å². The van der Waals surface area contributed by atoms with Gasteiger partial charge in [-0.3, -0.25) is 5.32 Å². The van der Waals surface area contributed by atoms with E-state index in [0.29, 0.717) is 5.82 Å². The number of ether oxygens (including phenoxy) is 1. The van der Waals surface area contributed by atoms with Gasteiger partial charge in [0, 0.05) is 0 Å². The molecule has 27 heavy (non-hydrogen) atoms. The summed E-state index contributed by atoms with van der Waals surface area (Å²) in [6.07, 6.45) is 5.40. The maximum atomic E-state index is 12.5. The summed E-state index contributed by atoms with van der Waals surface area (Å²) in [4.78, 5) is 27.9. The molecule has 2 aliphatic carbocycles. The lowest BCUT2D eigenvalue weighted by Gasteiger charge is -2.18. The quantitative estimate of drug-likeness (QED) is 0.836. The largest absolute Gasteiger partial charge is 0.478 e. The van der Waals surface area contributed by atoms with Gasteiger partial charge in [-0.1, -0.05) is 6.07 Å². The van der Waals surface area contributed by atoms with Crippen molar-refractivity contribution >= 4 is 17.7 Å². The van der Waals surface area contributed by atoms with Gasteiger partial charge in [0.2, 0.25) is 6.10 Å². The lowest BCUT2D eigenvalue weighted by Crippen LogP contribution is -2.33. The molecule has 1 aromatic heterocycles. The van der Waals surface area contributed by atoms with Gasteiger partial charge < -0.3 is 9.84 Å². The Bertz CT molecular complexity index is 873. The molecule has 0 fully saturated rings. The molecular formula is C19H22N4O4. The molecule has 1 heterocycles. The molecule has 4 rings (SSSR count). The molecular weight excluding hydrogens is 348 g/mol. The third-order valence-electron chi connectivity index (χ3n) is 5.23. The van der Waals surface area contributed by atoms with Gasteiger partial charge in [-0.25, -0.2) is 19.3 Å². The SMILES string of the molecule is Cc1ncn(CC(OC(=O)Nc2c3c(cc4c2CCC4)CCC3)C(=O)O)n1. The number of carboxylic acids is 1. The van der Waals surface area contributed by atoms with Gasteiger partial charge in [-0.2, -0.15) is 5.10 Å². The molecule has 0 spiro atoms. The Balaban J connectivity index is 1.51. The zero-order chi connectivity index (χ0) is 19.0. The second-order valence-electron chi connectivity index (χ2n) is 7.11. The van der Waals surface area contributed by atoms with Crippen molar-refractivity contribution in [2.24, 2.45) is 0 Å². The van der Waals surface area contributed by atoms with E-state index in [1.54, 1.807) is 6.92 Å². The highest BCUT2D eigenvalue weighted by atomic mass is 16.6. The van der Waals surface area contributed by atoms with Gasteiger partial charge >= 0.3 is 12.1 Å². The smallest absolute Gasteiger partial charge is 0.412 e. The summed E-state index contributed by atoms with van der Waals surface area (Å²) in [5.41, 5.74) is 5.76. The number of fused-ring (bicyclic) bond motifs is 2. The van der Waals surface area contributed by atoms with Crippen LogP contribution in [0.1, 0.15) is 40.9 Å². The monoisotopic (exact) mass is 370 g/mol. The number of benzene rings is 1. The molecule has 2 aliphatic rings. The zero-order valence-electron chi connectivity index (χ0n) is 15.2. The summed E-state index contributed by atoms with van der Waals surface area (Å²) in [5, 5.41) is 16.3. The fraction of sp³-hybridized carbons (Fsp3) is 0.474. The van der Waals surface area contributed by atoms with Crippen molar-refractivity contribution in [1.29, 1.82) is 0 Å². The van der Waals surface area contributed by atoms with E-state index in [2.05, 4.69) is 21.5 Å². The molecule has 0 radical (unpaired) electrons. The molecule has 0 saturated carbocycles. The summed E-state index contributed by atoms with van der Waals surface area (Å²) in [6, 6.07) is 2.27. The number of carboxylic acid groups (broad SMARTS) is 1. The lowest BCUT2D eigenvalue weighted by atomic mass is 9.99. The zero-order valence-corrected chi connectivity index (χ0v) is 15.2. The first-order valence-corrected chi connectivity index (χ1v) is 9.24. The molecule has 0 bridgehead atoms. The number of amides is 1. The second-order valence-corrected chi connectivity index (χ2v) is 7.11. The Morgan fingerprint density at radius 3 is 2.44 bits per heavy atom. The van der Waals surface area contributed by atoms with Crippen LogP contribution in [0.15, 0.2) is 12.4 Å². The number of rotatable bonds is 5. The van der Waals surface area contributed by atoms with E-state index in [1.165, 1.54) is 33.3 Å². The van der Waals surface area contributed by atoms with Crippen molar-refractivity contribution in [3.05, 3.63) is 40.5 Å². The second kappa shape index (κ2) is 7.02. The summed E-state index contributed by atoms with van der Waals surface area (Å²) >= 11 is 0. The number of aliphatic carboxylic acids is 1. The Morgan fingerprint density at radius 2 is 1.89 bits per heavy atom. The highest BCUT2D eigenvalue weighted by molar-refractivity contribution is 5.90. The normalized spacial score (nSPS) is 15.9. The number of hydrogen-bond acceptors (Lipinski definition) is 5. The summed E-state index contributed by atoms with van der Waals surface area (Å²) < 4.78 is 6.57. The van der Waals surface area contributed by atoms with Crippen molar-refractivity contribution in [3.8, 4) is 0 Å². The van der Waals surface area contributed by atoms with Crippen molar-refractivity contribution in [2.45, 2.75) is 58.1 Å². The van der Waals surface area contributed by atoms with Crippen LogP contribution >= 0.6 is 0 Å². The van der Waals surface area contributed by atoms with Crippen LogP contribution in [0.25, 0.3) is 0 Å². The van der Waals surface area contributed by atoms with Crippen molar-refractivity contribution < 1.29 is 19.4 Å².